The van der Waals surface area contributed by atoms with Gasteiger partial charge < -0.3 is 29.2 Å². The zero-order chi connectivity index (χ0) is 27.4. The standard InChI is InChI=1S/C28H38N6O5/c1-19-18-36-16-13-33(19)23-17-22(37-15-12-30-27(35)39-28(2,3)4)20-8-10-29-26(25(20)32-23)21-9-11-31-34(21)24-7-5-6-14-38-24/h8-11,17,19,24H,5-7,12-16,18H2,1-4H3,(H,30,35). The van der Waals surface area contributed by atoms with Crippen LogP contribution in [0.25, 0.3) is 22.3 Å². The van der Waals surface area contributed by atoms with E-state index in [1.54, 1.807) is 12.4 Å². The Morgan fingerprint density at radius 3 is 2.85 bits per heavy atom. The number of pyridine rings is 2. The lowest BCUT2D eigenvalue weighted by molar-refractivity contribution is -0.0383. The average Bonchev–Trinajstić information content (AvgIpc) is 3.40. The van der Waals surface area contributed by atoms with Crippen LogP contribution in [0.15, 0.2) is 30.6 Å². The number of anilines is 1. The molecular formula is C28H38N6O5. The summed E-state index contributed by atoms with van der Waals surface area (Å²) < 4.78 is 25.2. The van der Waals surface area contributed by atoms with E-state index in [1.807, 2.05) is 43.7 Å². The third-order valence-corrected chi connectivity index (χ3v) is 6.71. The Kier molecular flexibility index (Phi) is 8.18. The minimum absolute atomic E-state index is 0.127. The van der Waals surface area contributed by atoms with Gasteiger partial charge in [-0.1, -0.05) is 0 Å². The molecule has 5 rings (SSSR count). The number of morpholine rings is 1. The number of amides is 1. The van der Waals surface area contributed by atoms with Crippen LogP contribution < -0.4 is 15.0 Å². The van der Waals surface area contributed by atoms with Gasteiger partial charge in [0, 0.05) is 37.0 Å². The van der Waals surface area contributed by atoms with E-state index in [0.717, 1.165) is 60.5 Å². The van der Waals surface area contributed by atoms with E-state index in [1.165, 1.54) is 0 Å². The monoisotopic (exact) mass is 538 g/mol. The van der Waals surface area contributed by atoms with E-state index < -0.39 is 11.7 Å². The maximum atomic E-state index is 12.1. The second kappa shape index (κ2) is 11.7. The summed E-state index contributed by atoms with van der Waals surface area (Å²) in [5, 5.41) is 8.17. The Labute approximate surface area is 228 Å². The summed E-state index contributed by atoms with van der Waals surface area (Å²) in [5.74, 6) is 1.46. The quantitative estimate of drug-likeness (QED) is 0.439. The van der Waals surface area contributed by atoms with Gasteiger partial charge in [-0.25, -0.2) is 14.5 Å². The first-order chi connectivity index (χ1) is 18.8. The molecule has 2 fully saturated rings. The largest absolute Gasteiger partial charge is 0.491 e. The average molecular weight is 539 g/mol. The molecule has 1 N–H and O–H groups in total. The smallest absolute Gasteiger partial charge is 0.407 e. The lowest BCUT2D eigenvalue weighted by Gasteiger charge is -2.34. The van der Waals surface area contributed by atoms with Gasteiger partial charge in [0.2, 0.25) is 0 Å². The SMILES string of the molecule is CC1COCCN1c1cc(OCCNC(=O)OC(C)(C)C)c2ccnc(-c3ccnn3C3CCCCO3)c2n1. The van der Waals surface area contributed by atoms with Crippen molar-refractivity contribution in [3.05, 3.63) is 30.6 Å². The highest BCUT2D eigenvalue weighted by Crippen LogP contribution is 2.36. The van der Waals surface area contributed by atoms with Crippen LogP contribution in [0.1, 0.15) is 53.2 Å². The first-order valence-electron chi connectivity index (χ1n) is 13.7. The normalized spacial score (nSPS) is 20.2. The van der Waals surface area contributed by atoms with Crippen molar-refractivity contribution in [2.45, 2.75) is 64.8 Å². The number of aromatic nitrogens is 4. The van der Waals surface area contributed by atoms with Crippen LogP contribution in [0, 0.1) is 0 Å². The van der Waals surface area contributed by atoms with Crippen molar-refractivity contribution in [1.29, 1.82) is 0 Å². The minimum atomic E-state index is -0.561. The fraction of sp³-hybridized carbons (Fsp3) is 0.571. The molecule has 0 bridgehead atoms. The topological polar surface area (TPSA) is 113 Å². The predicted molar refractivity (Wildman–Crippen MR) is 147 cm³/mol. The van der Waals surface area contributed by atoms with Crippen molar-refractivity contribution in [2.24, 2.45) is 0 Å². The zero-order valence-electron chi connectivity index (χ0n) is 23.2. The number of carbonyl (C=O) groups is 1. The number of ether oxygens (including phenoxy) is 4. The number of hydrogen-bond acceptors (Lipinski definition) is 9. The number of rotatable bonds is 7. The van der Waals surface area contributed by atoms with E-state index in [4.69, 9.17) is 28.9 Å². The molecule has 0 radical (unpaired) electrons. The highest BCUT2D eigenvalue weighted by atomic mass is 16.6. The fourth-order valence-corrected chi connectivity index (χ4v) is 4.91. The molecule has 3 aromatic heterocycles. The number of alkyl carbamates (subject to hydrolysis) is 1. The summed E-state index contributed by atoms with van der Waals surface area (Å²) in [5.41, 5.74) is 1.74. The molecule has 11 heteroatoms. The second-order valence-electron chi connectivity index (χ2n) is 10.9. The maximum absolute atomic E-state index is 12.1. The first-order valence-corrected chi connectivity index (χ1v) is 13.7. The van der Waals surface area contributed by atoms with Gasteiger partial charge in [0.1, 0.15) is 35.0 Å². The Morgan fingerprint density at radius 2 is 2.08 bits per heavy atom. The van der Waals surface area contributed by atoms with Crippen LogP contribution in [0.3, 0.4) is 0 Å². The van der Waals surface area contributed by atoms with E-state index in [2.05, 4.69) is 22.2 Å². The fourth-order valence-electron chi connectivity index (χ4n) is 4.91. The number of nitrogens with one attached hydrogen (secondary N) is 1. The highest BCUT2D eigenvalue weighted by Gasteiger charge is 2.25. The number of hydrogen-bond donors (Lipinski definition) is 1. The summed E-state index contributed by atoms with van der Waals surface area (Å²) in [6.45, 7) is 10.9. The van der Waals surface area contributed by atoms with E-state index in [-0.39, 0.29) is 18.9 Å². The summed E-state index contributed by atoms with van der Waals surface area (Å²) in [4.78, 5) is 24.2. The van der Waals surface area contributed by atoms with E-state index in [9.17, 15) is 4.79 Å². The van der Waals surface area contributed by atoms with Crippen LogP contribution in [0.4, 0.5) is 10.6 Å². The van der Waals surface area contributed by atoms with Gasteiger partial charge in [-0.3, -0.25) is 4.98 Å². The van der Waals surface area contributed by atoms with Crippen LogP contribution in [0.2, 0.25) is 0 Å². The number of fused-ring (bicyclic) bond motifs is 1. The van der Waals surface area contributed by atoms with Gasteiger partial charge in [0.05, 0.1) is 31.5 Å². The van der Waals surface area contributed by atoms with E-state index >= 15 is 0 Å². The van der Waals surface area contributed by atoms with Crippen LogP contribution in [-0.4, -0.2) is 77.0 Å². The van der Waals surface area contributed by atoms with Crippen molar-refractivity contribution in [1.82, 2.24) is 25.1 Å². The number of nitrogens with zero attached hydrogens (tertiary/aromatic N) is 5. The molecule has 5 heterocycles. The molecule has 2 saturated heterocycles. The van der Waals surface area contributed by atoms with Crippen molar-refractivity contribution in [3.63, 3.8) is 0 Å². The van der Waals surface area contributed by atoms with Gasteiger partial charge >= 0.3 is 6.09 Å². The lowest BCUT2D eigenvalue weighted by atomic mass is 10.1. The van der Waals surface area contributed by atoms with E-state index in [0.29, 0.717) is 25.5 Å². The summed E-state index contributed by atoms with van der Waals surface area (Å²) >= 11 is 0. The van der Waals surface area contributed by atoms with Crippen molar-refractivity contribution in [2.75, 3.05) is 44.4 Å². The van der Waals surface area contributed by atoms with Crippen molar-refractivity contribution in [3.8, 4) is 17.1 Å². The third-order valence-electron chi connectivity index (χ3n) is 6.71. The molecule has 11 nitrogen and oxygen atoms in total. The lowest BCUT2D eigenvalue weighted by Crippen LogP contribution is -2.44. The zero-order valence-corrected chi connectivity index (χ0v) is 23.2. The molecule has 2 aliphatic rings. The van der Waals surface area contributed by atoms with Gasteiger partial charge in [-0.05, 0) is 59.1 Å². The molecule has 39 heavy (non-hydrogen) atoms. The highest BCUT2D eigenvalue weighted by molar-refractivity contribution is 5.95. The summed E-state index contributed by atoms with van der Waals surface area (Å²) in [6.07, 6.45) is 6.01. The summed E-state index contributed by atoms with van der Waals surface area (Å²) in [6, 6.07) is 5.98. The molecule has 2 aliphatic heterocycles. The predicted octanol–water partition coefficient (Wildman–Crippen LogP) is 4.32. The Morgan fingerprint density at radius 1 is 1.21 bits per heavy atom. The third kappa shape index (κ3) is 6.42. The molecule has 0 saturated carbocycles. The van der Waals surface area contributed by atoms with Gasteiger partial charge in [-0.15, -0.1) is 0 Å². The Hall–Kier alpha value is -3.44. The van der Waals surface area contributed by atoms with Crippen LogP contribution in [-0.2, 0) is 14.2 Å². The minimum Gasteiger partial charge on any atom is -0.491 e. The molecule has 2 unspecified atom stereocenters. The first kappa shape index (κ1) is 27.1. The molecule has 1 amide bonds. The van der Waals surface area contributed by atoms with Crippen LogP contribution >= 0.6 is 0 Å². The molecule has 0 spiro atoms. The maximum Gasteiger partial charge on any atom is 0.407 e. The van der Waals surface area contributed by atoms with Crippen molar-refractivity contribution >= 4 is 22.8 Å². The van der Waals surface area contributed by atoms with Gasteiger partial charge in [0.25, 0.3) is 0 Å². The Bertz CT molecular complexity index is 1280. The molecule has 0 aromatic carbocycles. The second-order valence-corrected chi connectivity index (χ2v) is 10.9. The van der Waals surface area contributed by atoms with Gasteiger partial charge in [-0.2, -0.15) is 5.10 Å². The summed E-state index contributed by atoms with van der Waals surface area (Å²) in [7, 11) is 0. The molecule has 2 atom stereocenters. The Balaban J connectivity index is 1.48. The van der Waals surface area contributed by atoms with Crippen LogP contribution in [0.5, 0.6) is 5.75 Å². The van der Waals surface area contributed by atoms with Crippen molar-refractivity contribution < 1.29 is 23.7 Å². The van der Waals surface area contributed by atoms with Gasteiger partial charge in [0.15, 0.2) is 6.23 Å². The molecule has 0 aliphatic carbocycles. The molecule has 210 valence electrons. The molecular weight excluding hydrogens is 500 g/mol. The number of carbonyl (C=O) groups excluding carboxylic acids is 1. The molecule has 3 aromatic rings.